The largest absolute Gasteiger partial charge is 0.396 e. The second-order valence-electron chi connectivity index (χ2n) is 4.94. The highest BCUT2D eigenvalue weighted by atomic mass is 16.6. The van der Waals surface area contributed by atoms with Crippen LogP contribution in [0.2, 0.25) is 0 Å². The maximum absolute atomic E-state index is 10.5. The van der Waals surface area contributed by atoms with Gasteiger partial charge in [-0.3, -0.25) is 10.1 Å². The van der Waals surface area contributed by atoms with Gasteiger partial charge in [0.25, 0.3) is 5.69 Å². The highest BCUT2D eigenvalue weighted by molar-refractivity contribution is 7.81. The number of benzene rings is 1. The van der Waals surface area contributed by atoms with E-state index in [1.807, 2.05) is 0 Å². The first-order valence-electron chi connectivity index (χ1n) is 6.99. The molecule has 1 N–H and O–H groups in total. The standard InChI is InChI=1S/C10H12N4O3.B7/c1-7(10(6-15)12-13-11)8-2-4-9(5-3-8)14(16)17;1-5-7(4)6(2)3/h2-5,7,10,15H,6H2,1H3;/t7-,10-;/m1./s1. The minimum absolute atomic E-state index is 0.00489. The van der Waals surface area contributed by atoms with E-state index in [1.54, 1.807) is 19.1 Å². The predicted molar refractivity (Wildman–Crippen MR) is 102 cm³/mol. The molecule has 14 heteroatoms. The number of hydrogen-bond donors (Lipinski definition) is 1. The second kappa shape index (κ2) is 11.8. The Kier molecular flexibility index (Phi) is 11.0. The van der Waals surface area contributed by atoms with E-state index in [4.69, 9.17) is 41.6 Å². The molecule has 1 rings (SSSR count). The Morgan fingerprint density at radius 1 is 1.42 bits per heavy atom. The van der Waals surface area contributed by atoms with Crippen LogP contribution in [0.4, 0.5) is 5.69 Å². The molecule has 0 heterocycles. The summed E-state index contributed by atoms with van der Waals surface area (Å²) in [5, 5.41) is 23.0. The Morgan fingerprint density at radius 2 is 1.96 bits per heavy atom. The Bertz CT molecular complexity index is 556. The monoisotopic (exact) mass is 313 g/mol. The number of non-ortho nitro benzene ring substituents is 1. The van der Waals surface area contributed by atoms with Crippen LogP contribution in [0.1, 0.15) is 18.4 Å². The summed E-state index contributed by atoms with van der Waals surface area (Å²) in [4.78, 5) is 12.6. The molecule has 1 aromatic rings. The molecule has 0 aliphatic heterocycles. The molecule has 0 bridgehead atoms. The number of nitrogens with zero attached hydrogens (tertiary/aromatic N) is 4. The number of hydrogen-bond acceptors (Lipinski definition) is 4. The molecule has 9 radical (unpaired) electrons. The summed E-state index contributed by atoms with van der Waals surface area (Å²) in [7, 11) is 21.6. The van der Waals surface area contributed by atoms with Crippen LogP contribution in [-0.2, 0) is 0 Å². The van der Waals surface area contributed by atoms with Gasteiger partial charge >= 0.3 is 0 Å². The van der Waals surface area contributed by atoms with Gasteiger partial charge in [0.05, 0.1) is 17.6 Å². The summed E-state index contributed by atoms with van der Waals surface area (Å²) in [5.74, 6) is -0.197. The van der Waals surface area contributed by atoms with Gasteiger partial charge in [-0.15, -0.1) is 0 Å². The van der Waals surface area contributed by atoms with Crippen molar-refractivity contribution in [1.82, 2.24) is 0 Å². The zero-order valence-corrected chi connectivity index (χ0v) is 13.3. The van der Waals surface area contributed by atoms with Crippen LogP contribution < -0.4 is 0 Å². The zero-order chi connectivity index (χ0) is 18.7. The van der Waals surface area contributed by atoms with E-state index in [1.165, 1.54) is 19.2 Å². The maximum Gasteiger partial charge on any atom is 0.269 e. The third kappa shape index (κ3) is 7.75. The molecule has 0 unspecified atom stereocenters. The molecule has 0 aromatic heterocycles. The number of aliphatic hydroxyl groups excluding tert-OH is 1. The molecule has 0 saturated heterocycles. The van der Waals surface area contributed by atoms with Gasteiger partial charge in [-0.25, -0.2) is 0 Å². The van der Waals surface area contributed by atoms with E-state index < -0.39 is 17.4 Å². The van der Waals surface area contributed by atoms with E-state index in [-0.39, 0.29) is 24.6 Å². The Morgan fingerprint density at radius 3 is 2.25 bits per heavy atom. The summed E-state index contributed by atoms with van der Waals surface area (Å²) >= 11 is 0. The molecule has 0 amide bonds. The average molecular weight is 312 g/mol. The Hall–Kier alpha value is -1.66. The van der Waals surface area contributed by atoms with Gasteiger partial charge in [-0.1, -0.05) is 24.2 Å². The van der Waals surface area contributed by atoms with Crippen molar-refractivity contribution in [1.29, 1.82) is 0 Å². The summed E-state index contributed by atoms with van der Waals surface area (Å²) in [6.07, 6.45) is -0.926. The van der Waals surface area contributed by atoms with Crippen molar-refractivity contribution in [3.8, 4) is 0 Å². The van der Waals surface area contributed by atoms with Gasteiger partial charge < -0.3 is 5.11 Å². The first-order chi connectivity index (χ1) is 11.3. The number of aliphatic hydroxyl groups is 1. The lowest BCUT2D eigenvalue weighted by Gasteiger charge is -2.17. The molecule has 1 aromatic carbocycles. The van der Waals surface area contributed by atoms with Gasteiger partial charge in [0, 0.05) is 67.8 Å². The lowest BCUT2D eigenvalue weighted by Crippen LogP contribution is -2.43. The summed E-state index contributed by atoms with van der Waals surface area (Å²) < 4.78 is 0. The average Bonchev–Trinajstić information content (AvgIpc) is 2.58. The van der Waals surface area contributed by atoms with Crippen LogP contribution in [0.3, 0.4) is 0 Å². The van der Waals surface area contributed by atoms with E-state index >= 15 is 0 Å². The van der Waals surface area contributed by atoms with Crippen LogP contribution >= 0.6 is 0 Å². The fourth-order valence-corrected chi connectivity index (χ4v) is 1.61. The van der Waals surface area contributed by atoms with Crippen molar-refractivity contribution < 1.29 is 10.0 Å². The molecule has 0 aliphatic rings. The van der Waals surface area contributed by atoms with Crippen molar-refractivity contribution in [2.24, 2.45) is 5.11 Å². The van der Waals surface area contributed by atoms with E-state index in [2.05, 4.69) is 10.0 Å². The van der Waals surface area contributed by atoms with Crippen LogP contribution in [0.25, 0.3) is 10.4 Å². The highest BCUT2D eigenvalue weighted by Crippen LogP contribution is 2.23. The summed E-state index contributed by atoms with van der Waals surface area (Å²) in [6, 6.07) is 5.39. The SMILES string of the molecule is C[C@H](c1ccc([N+](=O)[O-])cc1)[C@@H](CO)N=[N+]=[N-].[B][B]B([B])B([B])[B]. The second-order valence-corrected chi connectivity index (χ2v) is 4.94. The van der Waals surface area contributed by atoms with Crippen molar-refractivity contribution >= 4 is 56.5 Å². The highest BCUT2D eigenvalue weighted by Gasteiger charge is 2.17. The fourth-order valence-electron chi connectivity index (χ4n) is 1.61. The van der Waals surface area contributed by atoms with Crippen molar-refractivity contribution in [3.63, 3.8) is 0 Å². The lowest BCUT2D eigenvalue weighted by atomic mass is 8.76. The topological polar surface area (TPSA) is 112 Å². The quantitative estimate of drug-likeness (QED) is 0.186. The normalized spacial score (nSPS) is 11.8. The van der Waals surface area contributed by atoms with Gasteiger partial charge in [0.2, 0.25) is 0 Å². The van der Waals surface area contributed by atoms with Crippen LogP contribution in [0.5, 0.6) is 0 Å². The molecule has 0 saturated carbocycles. The van der Waals surface area contributed by atoms with Gasteiger partial charge in [0.15, 0.2) is 0 Å². The first kappa shape index (κ1) is 22.3. The molecular weight excluding hydrogens is 300 g/mol. The zero-order valence-electron chi connectivity index (χ0n) is 13.3. The van der Waals surface area contributed by atoms with Crippen molar-refractivity contribution in [2.45, 2.75) is 18.9 Å². The molecule has 111 valence electrons. The predicted octanol–water partition coefficient (Wildman–Crippen LogP) is -0.296. The van der Waals surface area contributed by atoms with Crippen molar-refractivity contribution in [3.05, 3.63) is 50.4 Å². The lowest BCUT2D eigenvalue weighted by molar-refractivity contribution is -0.384. The fraction of sp³-hybridized carbons (Fsp3) is 0.400. The van der Waals surface area contributed by atoms with Crippen LogP contribution in [0, 0.1) is 10.1 Å². The first-order valence-corrected chi connectivity index (χ1v) is 6.99. The number of azide groups is 1. The van der Waals surface area contributed by atoms with Gasteiger partial charge in [0.1, 0.15) is 0 Å². The Balaban J connectivity index is 0.000000640. The molecular formula is C10H12B7N4O3. The molecule has 7 nitrogen and oxygen atoms in total. The third-order valence-electron chi connectivity index (χ3n) is 3.26. The molecule has 2 atom stereocenters. The summed E-state index contributed by atoms with van der Waals surface area (Å²) in [5.41, 5.74) is 9.12. The van der Waals surface area contributed by atoms with E-state index in [0.717, 1.165) is 5.56 Å². The molecule has 24 heavy (non-hydrogen) atoms. The van der Waals surface area contributed by atoms with Crippen molar-refractivity contribution in [2.75, 3.05) is 6.61 Å². The smallest absolute Gasteiger partial charge is 0.269 e. The molecule has 0 spiro atoms. The minimum atomic E-state index is -0.568. The number of nitro groups is 1. The van der Waals surface area contributed by atoms with E-state index in [0.29, 0.717) is 0 Å². The minimum Gasteiger partial charge on any atom is -0.396 e. The Labute approximate surface area is 148 Å². The summed E-state index contributed by atoms with van der Waals surface area (Å²) in [6.45, 7) is 1.53. The number of nitro benzene ring substituents is 1. The number of rotatable bonds is 7. The molecule has 0 fully saturated rings. The van der Waals surface area contributed by atoms with Crippen LogP contribution in [-0.4, -0.2) is 73.5 Å². The van der Waals surface area contributed by atoms with Gasteiger partial charge in [-0.2, -0.15) is 0 Å². The van der Waals surface area contributed by atoms with E-state index in [9.17, 15) is 10.1 Å². The third-order valence-corrected chi connectivity index (χ3v) is 3.26. The maximum atomic E-state index is 10.5. The van der Waals surface area contributed by atoms with Gasteiger partial charge in [-0.05, 0) is 17.0 Å². The molecule has 0 aliphatic carbocycles. The van der Waals surface area contributed by atoms with Crippen LogP contribution in [0.15, 0.2) is 29.4 Å².